The fourth-order valence-corrected chi connectivity index (χ4v) is 3.91. The average Bonchev–Trinajstić information content (AvgIpc) is 2.66. The van der Waals surface area contributed by atoms with Gasteiger partial charge in [0, 0.05) is 51.4 Å². The van der Waals surface area contributed by atoms with E-state index in [1.165, 1.54) is 18.5 Å². The van der Waals surface area contributed by atoms with Crippen molar-refractivity contribution >= 4 is 11.6 Å². The van der Waals surface area contributed by atoms with E-state index in [0.717, 1.165) is 57.5 Å². The number of piperidine rings is 1. The second-order valence-corrected chi connectivity index (χ2v) is 7.36. The second-order valence-electron chi connectivity index (χ2n) is 7.36. The van der Waals surface area contributed by atoms with Gasteiger partial charge in [0.2, 0.25) is 5.91 Å². The first kappa shape index (κ1) is 18.1. The maximum atomic E-state index is 12.5. The summed E-state index contributed by atoms with van der Waals surface area (Å²) >= 11 is 0. The number of anilines is 1. The number of hydrogen-bond donors (Lipinski definition) is 0. The van der Waals surface area contributed by atoms with Crippen LogP contribution in [0.5, 0.6) is 5.75 Å². The highest BCUT2D eigenvalue weighted by Gasteiger charge is 2.23. The van der Waals surface area contributed by atoms with E-state index in [1.54, 1.807) is 7.11 Å². The van der Waals surface area contributed by atoms with Gasteiger partial charge >= 0.3 is 0 Å². The smallest absolute Gasteiger partial charge is 0.223 e. The van der Waals surface area contributed by atoms with Crippen molar-refractivity contribution < 1.29 is 9.53 Å². The molecule has 0 spiro atoms. The third kappa shape index (κ3) is 4.88. The molecule has 2 aliphatic rings. The zero-order chi connectivity index (χ0) is 17.6. The lowest BCUT2D eigenvalue weighted by Gasteiger charge is -2.37. The summed E-state index contributed by atoms with van der Waals surface area (Å²) in [5.41, 5.74) is 1.20. The zero-order valence-electron chi connectivity index (χ0n) is 15.6. The Hall–Kier alpha value is -1.75. The summed E-state index contributed by atoms with van der Waals surface area (Å²) in [5, 5.41) is 0. The fraction of sp³-hybridized carbons (Fsp3) is 0.650. The van der Waals surface area contributed by atoms with Crippen molar-refractivity contribution in [2.45, 2.75) is 26.2 Å². The first-order valence-electron chi connectivity index (χ1n) is 9.55. The van der Waals surface area contributed by atoms with Crippen LogP contribution >= 0.6 is 0 Å². The van der Waals surface area contributed by atoms with Crippen LogP contribution in [0.4, 0.5) is 5.69 Å². The van der Waals surface area contributed by atoms with Crippen LogP contribution in [0.2, 0.25) is 0 Å². The summed E-state index contributed by atoms with van der Waals surface area (Å²) in [6, 6.07) is 8.17. The largest absolute Gasteiger partial charge is 0.497 e. The van der Waals surface area contributed by atoms with Gasteiger partial charge in [0.05, 0.1) is 7.11 Å². The Balaban J connectivity index is 1.42. The van der Waals surface area contributed by atoms with E-state index in [1.807, 2.05) is 17.0 Å². The van der Waals surface area contributed by atoms with Crippen molar-refractivity contribution in [2.24, 2.45) is 5.92 Å². The van der Waals surface area contributed by atoms with Crippen LogP contribution in [0.1, 0.15) is 26.2 Å². The van der Waals surface area contributed by atoms with Crippen molar-refractivity contribution in [1.29, 1.82) is 0 Å². The highest BCUT2D eigenvalue weighted by molar-refractivity contribution is 5.76. The van der Waals surface area contributed by atoms with Crippen LogP contribution in [-0.2, 0) is 4.79 Å². The van der Waals surface area contributed by atoms with Crippen molar-refractivity contribution in [3.8, 4) is 5.75 Å². The van der Waals surface area contributed by atoms with Gasteiger partial charge in [0.25, 0.3) is 0 Å². The van der Waals surface area contributed by atoms with Crippen molar-refractivity contribution in [3.05, 3.63) is 24.3 Å². The predicted molar refractivity (Wildman–Crippen MR) is 101 cm³/mol. The number of carbonyl (C=O) groups excluding carboxylic acids is 1. The van der Waals surface area contributed by atoms with Crippen LogP contribution in [0, 0.1) is 5.92 Å². The highest BCUT2D eigenvalue weighted by atomic mass is 16.5. The molecule has 0 N–H and O–H groups in total. The molecule has 0 radical (unpaired) electrons. The summed E-state index contributed by atoms with van der Waals surface area (Å²) in [6.07, 6.45) is 3.27. The van der Waals surface area contributed by atoms with Crippen molar-refractivity contribution in [1.82, 2.24) is 9.80 Å². The van der Waals surface area contributed by atoms with Gasteiger partial charge in [-0.15, -0.1) is 0 Å². The van der Waals surface area contributed by atoms with Gasteiger partial charge < -0.3 is 19.4 Å². The monoisotopic (exact) mass is 345 g/mol. The number of benzene rings is 1. The third-order valence-electron chi connectivity index (χ3n) is 5.45. The van der Waals surface area contributed by atoms with Gasteiger partial charge in [-0.2, -0.15) is 0 Å². The number of rotatable bonds is 5. The Morgan fingerprint density at radius 3 is 2.48 bits per heavy atom. The van der Waals surface area contributed by atoms with E-state index in [2.05, 4.69) is 28.9 Å². The molecule has 2 heterocycles. The van der Waals surface area contributed by atoms with Crippen LogP contribution in [0.15, 0.2) is 24.3 Å². The summed E-state index contributed by atoms with van der Waals surface area (Å²) < 4.78 is 5.21. The van der Waals surface area contributed by atoms with Crippen LogP contribution in [0.3, 0.4) is 0 Å². The first-order chi connectivity index (χ1) is 12.2. The molecule has 2 aliphatic heterocycles. The molecule has 138 valence electrons. The molecule has 5 nitrogen and oxygen atoms in total. The second kappa shape index (κ2) is 8.56. The number of hydrogen-bond acceptors (Lipinski definition) is 4. The van der Waals surface area contributed by atoms with Crippen molar-refractivity contribution in [3.63, 3.8) is 0 Å². The molecule has 5 heteroatoms. The van der Waals surface area contributed by atoms with E-state index in [-0.39, 0.29) is 0 Å². The van der Waals surface area contributed by atoms with Gasteiger partial charge in [-0.1, -0.05) is 6.92 Å². The van der Waals surface area contributed by atoms with Gasteiger partial charge in [-0.3, -0.25) is 4.79 Å². The van der Waals surface area contributed by atoms with E-state index >= 15 is 0 Å². The van der Waals surface area contributed by atoms with Gasteiger partial charge in [0.15, 0.2) is 0 Å². The molecule has 2 saturated heterocycles. The van der Waals surface area contributed by atoms with Gasteiger partial charge in [0.1, 0.15) is 5.75 Å². The molecule has 3 rings (SSSR count). The Morgan fingerprint density at radius 2 is 1.84 bits per heavy atom. The van der Waals surface area contributed by atoms with Gasteiger partial charge in [-0.25, -0.2) is 0 Å². The molecule has 0 bridgehead atoms. The number of nitrogens with zero attached hydrogens (tertiary/aromatic N) is 3. The van der Waals surface area contributed by atoms with Gasteiger partial charge in [-0.05, 0) is 49.6 Å². The summed E-state index contributed by atoms with van der Waals surface area (Å²) in [4.78, 5) is 19.3. The Morgan fingerprint density at radius 1 is 1.12 bits per heavy atom. The molecule has 25 heavy (non-hydrogen) atoms. The molecule has 1 amide bonds. The molecular weight excluding hydrogens is 314 g/mol. The predicted octanol–water partition coefficient (Wildman–Crippen LogP) is 2.47. The summed E-state index contributed by atoms with van der Waals surface area (Å²) in [5.74, 6) is 1.97. The molecule has 1 aromatic rings. The topological polar surface area (TPSA) is 36.0 Å². The maximum Gasteiger partial charge on any atom is 0.223 e. The number of methoxy groups -OCH3 is 1. The lowest BCUT2D eigenvalue weighted by atomic mass is 10.0. The summed E-state index contributed by atoms with van der Waals surface area (Å²) in [6.45, 7) is 8.98. The number of carbonyl (C=O) groups is 1. The number of ether oxygens (including phenoxy) is 1. The number of likely N-dealkylation sites (tertiary alicyclic amines) is 1. The normalized spacial score (nSPS) is 22.1. The zero-order valence-corrected chi connectivity index (χ0v) is 15.6. The molecule has 0 aliphatic carbocycles. The third-order valence-corrected chi connectivity index (χ3v) is 5.45. The fourth-order valence-electron chi connectivity index (χ4n) is 3.91. The van der Waals surface area contributed by atoms with Crippen LogP contribution < -0.4 is 9.64 Å². The Labute approximate surface area is 151 Å². The van der Waals surface area contributed by atoms with Crippen molar-refractivity contribution in [2.75, 3.05) is 57.8 Å². The average molecular weight is 345 g/mol. The maximum absolute atomic E-state index is 12.5. The standard InChI is InChI=1S/C20H31N3O2/c1-17-4-3-10-21(16-17)11-9-20(24)23-14-12-22(13-15-23)18-5-7-19(25-2)8-6-18/h5-8,17H,3-4,9-16H2,1-2H3. The molecule has 0 saturated carbocycles. The molecule has 1 unspecified atom stereocenters. The highest BCUT2D eigenvalue weighted by Crippen LogP contribution is 2.21. The van der Waals surface area contributed by atoms with E-state index in [0.29, 0.717) is 12.3 Å². The lowest BCUT2D eigenvalue weighted by molar-refractivity contribution is -0.131. The Kier molecular flexibility index (Phi) is 6.19. The SMILES string of the molecule is COc1ccc(N2CCN(C(=O)CCN3CCCC(C)C3)CC2)cc1. The molecule has 0 aromatic heterocycles. The summed E-state index contributed by atoms with van der Waals surface area (Å²) in [7, 11) is 1.68. The van der Waals surface area contributed by atoms with Crippen LogP contribution in [0.25, 0.3) is 0 Å². The molecular formula is C20H31N3O2. The quantitative estimate of drug-likeness (QED) is 0.821. The Bertz CT molecular complexity index is 553. The van der Waals surface area contributed by atoms with E-state index < -0.39 is 0 Å². The molecule has 1 aromatic carbocycles. The molecule has 2 fully saturated rings. The van der Waals surface area contributed by atoms with Crippen LogP contribution in [-0.4, -0.2) is 68.6 Å². The molecule has 1 atom stereocenters. The first-order valence-corrected chi connectivity index (χ1v) is 9.55. The van der Waals surface area contributed by atoms with E-state index in [9.17, 15) is 4.79 Å². The lowest BCUT2D eigenvalue weighted by Crippen LogP contribution is -2.49. The number of piperazine rings is 1. The number of amides is 1. The van der Waals surface area contributed by atoms with E-state index in [4.69, 9.17) is 4.74 Å². The minimum atomic E-state index is 0.313. The minimum Gasteiger partial charge on any atom is -0.497 e. The minimum absolute atomic E-state index is 0.313.